The lowest BCUT2D eigenvalue weighted by atomic mass is 10.8. The van der Waals surface area contributed by atoms with Crippen molar-refractivity contribution in [3.63, 3.8) is 0 Å². The van der Waals surface area contributed by atoms with Crippen molar-refractivity contribution in [2.45, 2.75) is 10.3 Å². The van der Waals surface area contributed by atoms with Crippen molar-refractivity contribution >= 4 is 29.5 Å². The average Bonchev–Trinajstić information content (AvgIpc) is 2.23. The van der Waals surface area contributed by atoms with Crippen LogP contribution in [0.25, 0.3) is 0 Å². The summed E-state index contributed by atoms with van der Waals surface area (Å²) in [6.45, 7) is 7.19. The molecule has 15 heavy (non-hydrogen) atoms. The molecule has 0 saturated carbocycles. The second-order valence-electron chi connectivity index (χ2n) is 2.40. The fourth-order valence-electron chi connectivity index (χ4n) is 0.724. The third-order valence-corrected chi connectivity index (χ3v) is 2.93. The highest BCUT2D eigenvalue weighted by Crippen LogP contribution is 2.19. The van der Waals surface area contributed by atoms with E-state index in [4.69, 9.17) is 0 Å². The van der Waals surface area contributed by atoms with Gasteiger partial charge in [0.2, 0.25) is 0 Å². The number of thioether (sulfide) groups is 2. The van der Waals surface area contributed by atoms with Crippen molar-refractivity contribution in [3.8, 4) is 0 Å². The second kappa shape index (κ2) is 6.47. The van der Waals surface area contributed by atoms with E-state index in [-0.39, 0.29) is 5.95 Å². The van der Waals surface area contributed by atoms with E-state index < -0.39 is 0 Å². The molecule has 78 valence electrons. The Morgan fingerprint density at radius 2 is 1.47 bits per heavy atom. The monoisotopic (exact) mass is 238 g/mol. The van der Waals surface area contributed by atoms with E-state index in [0.29, 0.717) is 21.8 Å². The van der Waals surface area contributed by atoms with Crippen molar-refractivity contribution in [1.29, 1.82) is 0 Å². The van der Waals surface area contributed by atoms with Gasteiger partial charge in [0.15, 0.2) is 10.3 Å². The van der Waals surface area contributed by atoms with E-state index >= 15 is 0 Å². The third kappa shape index (κ3) is 4.35. The molecule has 1 rings (SSSR count). The highest BCUT2D eigenvalue weighted by atomic mass is 32.2. The number of nitrogens with zero attached hydrogens (tertiary/aromatic N) is 4. The predicted octanol–water partition coefficient (Wildman–Crippen LogP) is 2.13. The molecule has 0 aliphatic rings. The first kappa shape index (κ1) is 12.1. The summed E-state index contributed by atoms with van der Waals surface area (Å²) in [4.78, 5) is 11.7. The highest BCUT2D eigenvalue weighted by Gasteiger charge is 2.05. The average molecular weight is 238 g/mol. The van der Waals surface area contributed by atoms with Crippen LogP contribution in [0.4, 0.5) is 5.95 Å². The summed E-state index contributed by atoms with van der Waals surface area (Å²) < 4.78 is 0. The van der Waals surface area contributed by atoms with Gasteiger partial charge < -0.3 is 0 Å². The molecule has 1 heterocycles. The van der Waals surface area contributed by atoms with Gasteiger partial charge in [-0.05, 0) is 0 Å². The molecule has 0 aliphatic heterocycles. The Kier molecular flexibility index (Phi) is 5.20. The number of hydrogen-bond acceptors (Lipinski definition) is 5. The van der Waals surface area contributed by atoms with Gasteiger partial charge in [0.05, 0.1) is 0 Å². The Morgan fingerprint density at radius 3 is 1.87 bits per heavy atom. The van der Waals surface area contributed by atoms with Gasteiger partial charge >= 0.3 is 0 Å². The van der Waals surface area contributed by atoms with E-state index in [2.05, 4.69) is 28.1 Å². The lowest BCUT2D eigenvalue weighted by Crippen LogP contribution is -1.96. The van der Waals surface area contributed by atoms with Crippen LogP contribution in [0.1, 0.15) is 0 Å². The largest absolute Gasteiger partial charge is 0.273 e. The maximum atomic E-state index is 9.25. The normalized spacial score (nSPS) is 9.87. The summed E-state index contributed by atoms with van der Waals surface area (Å²) in [7, 11) is 0. The summed E-state index contributed by atoms with van der Waals surface area (Å²) in [5.74, 6) is 1.16. The first-order valence-corrected chi connectivity index (χ1v) is 6.16. The van der Waals surface area contributed by atoms with Gasteiger partial charge in [0.25, 0.3) is 5.95 Å². The molecule has 0 saturated heterocycles. The van der Waals surface area contributed by atoms with Crippen LogP contribution < -0.4 is 5.73 Å². The molecule has 0 unspecified atom stereocenters. The van der Waals surface area contributed by atoms with Gasteiger partial charge in [-0.15, -0.1) is 18.9 Å². The molecular weight excluding hydrogens is 228 g/mol. The molecule has 6 heteroatoms. The van der Waals surface area contributed by atoms with Crippen LogP contribution >= 0.6 is 23.5 Å². The Bertz CT molecular complexity index is 324. The van der Waals surface area contributed by atoms with E-state index in [0.717, 1.165) is 0 Å². The van der Waals surface area contributed by atoms with Crippen molar-refractivity contribution < 1.29 is 0 Å². The van der Waals surface area contributed by atoms with Crippen molar-refractivity contribution in [1.82, 2.24) is 20.7 Å². The van der Waals surface area contributed by atoms with Crippen LogP contribution in [0.15, 0.2) is 35.6 Å². The summed E-state index contributed by atoms with van der Waals surface area (Å²) in [6.07, 6.45) is 3.50. The van der Waals surface area contributed by atoms with E-state index in [9.17, 15) is 5.73 Å². The molecule has 0 aromatic carbocycles. The summed E-state index contributed by atoms with van der Waals surface area (Å²) in [5.41, 5.74) is 9.25. The summed E-state index contributed by atoms with van der Waals surface area (Å²) in [6, 6.07) is 0. The Labute approximate surface area is 97.5 Å². The first-order chi connectivity index (χ1) is 7.26. The van der Waals surface area contributed by atoms with E-state index in [1.165, 1.54) is 23.5 Å². The minimum Gasteiger partial charge on any atom is -0.196 e. The molecule has 0 aliphatic carbocycles. The first-order valence-electron chi connectivity index (χ1n) is 4.18. The number of rotatable bonds is 6. The molecule has 4 nitrogen and oxygen atoms in total. The summed E-state index contributed by atoms with van der Waals surface area (Å²) in [5, 5.41) is 1.02. The smallest absolute Gasteiger partial charge is 0.196 e. The fraction of sp³-hybridized carbons (Fsp3) is 0.222. The standard InChI is InChI=1S/C9H10N4S2/c1-3-5-14-8-11-7(10)12-9(13-8)15-6-4-2/h3-4H,1-2,5-6H2. The minimum atomic E-state index is -0.247. The Hall–Kier alpha value is -1.01. The van der Waals surface area contributed by atoms with Crippen LogP contribution in [0, 0.1) is 0 Å². The van der Waals surface area contributed by atoms with Gasteiger partial charge in [-0.1, -0.05) is 35.7 Å². The van der Waals surface area contributed by atoms with Crippen molar-refractivity contribution in [2.75, 3.05) is 11.5 Å². The quantitative estimate of drug-likeness (QED) is 0.561. The van der Waals surface area contributed by atoms with Crippen LogP contribution in [0.5, 0.6) is 0 Å². The maximum Gasteiger partial charge on any atom is 0.273 e. The molecule has 0 bridgehead atoms. The molecule has 1 aromatic rings. The molecule has 1 aromatic heterocycles. The van der Waals surface area contributed by atoms with Crippen LogP contribution in [-0.4, -0.2) is 26.5 Å². The van der Waals surface area contributed by atoms with Crippen molar-refractivity contribution in [3.05, 3.63) is 25.3 Å². The molecule has 0 fully saturated rings. The number of hydrogen-bond donors (Lipinski definition) is 0. The second-order valence-corrected chi connectivity index (χ2v) is 4.37. The summed E-state index contributed by atoms with van der Waals surface area (Å²) >= 11 is 2.81. The lowest BCUT2D eigenvalue weighted by Gasteiger charge is -2.00. The SMILES string of the molecule is C=CCSc1nc([N])nc(SCC=C)n1. The van der Waals surface area contributed by atoms with Crippen LogP contribution in [0.3, 0.4) is 0 Å². The zero-order valence-corrected chi connectivity index (χ0v) is 9.72. The predicted molar refractivity (Wildman–Crippen MR) is 63.5 cm³/mol. The van der Waals surface area contributed by atoms with Gasteiger partial charge in [0, 0.05) is 11.5 Å². The van der Waals surface area contributed by atoms with Gasteiger partial charge in [-0.2, -0.15) is 15.0 Å². The number of aromatic nitrogens is 3. The molecule has 0 N–H and O–H groups in total. The topological polar surface area (TPSA) is 61.0 Å². The van der Waals surface area contributed by atoms with Gasteiger partial charge in [-0.3, -0.25) is 0 Å². The Morgan fingerprint density at radius 1 is 1.00 bits per heavy atom. The third-order valence-electron chi connectivity index (χ3n) is 1.24. The molecule has 0 spiro atoms. The molecular formula is C9H10N4S2. The molecule has 0 atom stereocenters. The van der Waals surface area contributed by atoms with Gasteiger partial charge in [0.1, 0.15) is 0 Å². The fourth-order valence-corrected chi connectivity index (χ4v) is 1.91. The lowest BCUT2D eigenvalue weighted by molar-refractivity contribution is 0.800. The Balaban J connectivity index is 2.74. The zero-order chi connectivity index (χ0) is 11.1. The highest BCUT2D eigenvalue weighted by molar-refractivity contribution is 7.99. The maximum absolute atomic E-state index is 9.25. The molecule has 0 amide bonds. The zero-order valence-electron chi connectivity index (χ0n) is 8.09. The minimum absolute atomic E-state index is 0.247. The van der Waals surface area contributed by atoms with E-state index in [1.54, 1.807) is 12.2 Å². The van der Waals surface area contributed by atoms with Crippen LogP contribution in [-0.2, 0) is 0 Å². The van der Waals surface area contributed by atoms with Crippen LogP contribution in [0.2, 0.25) is 0 Å². The van der Waals surface area contributed by atoms with Gasteiger partial charge in [-0.25, -0.2) is 0 Å². The van der Waals surface area contributed by atoms with E-state index in [1.807, 2.05) is 0 Å². The molecule has 2 radical (unpaired) electrons. The van der Waals surface area contributed by atoms with Crippen molar-refractivity contribution in [2.24, 2.45) is 0 Å².